The van der Waals surface area contributed by atoms with Gasteiger partial charge in [-0.3, -0.25) is 4.79 Å². The molecule has 2 unspecified atom stereocenters. The number of amides is 1. The Morgan fingerprint density at radius 1 is 1.43 bits per heavy atom. The van der Waals surface area contributed by atoms with Gasteiger partial charge in [0.2, 0.25) is 0 Å². The number of carbonyl (C=O) groups excluding carboxylic acids is 1. The number of carbonyl (C=O) groups is 1. The highest BCUT2D eigenvalue weighted by molar-refractivity contribution is 9.10. The molecule has 0 radical (unpaired) electrons. The van der Waals surface area contributed by atoms with Crippen LogP contribution in [0.25, 0.3) is 0 Å². The summed E-state index contributed by atoms with van der Waals surface area (Å²) >= 11 is 3.12. The van der Waals surface area contributed by atoms with Crippen LogP contribution in [0.15, 0.2) is 21.5 Å². The Hall–Kier alpha value is -0.700. The quantitative estimate of drug-likeness (QED) is 0.772. The van der Waals surface area contributed by atoms with E-state index in [4.69, 9.17) is 0 Å². The van der Waals surface area contributed by atoms with Crippen LogP contribution in [0.1, 0.15) is 23.7 Å². The highest BCUT2D eigenvalue weighted by Crippen LogP contribution is 2.24. The summed E-state index contributed by atoms with van der Waals surface area (Å²) < 4.78 is 38.0. The van der Waals surface area contributed by atoms with Crippen molar-refractivity contribution in [1.82, 2.24) is 10.6 Å². The van der Waals surface area contributed by atoms with Crippen LogP contribution in [0.5, 0.6) is 0 Å². The highest BCUT2D eigenvalue weighted by atomic mass is 79.9. The van der Waals surface area contributed by atoms with Gasteiger partial charge in [0.1, 0.15) is 4.90 Å². The van der Waals surface area contributed by atoms with Crippen molar-refractivity contribution < 1.29 is 17.6 Å². The van der Waals surface area contributed by atoms with E-state index in [9.17, 15) is 17.6 Å². The van der Waals surface area contributed by atoms with Gasteiger partial charge in [0.25, 0.3) is 5.91 Å². The molecule has 2 rings (SSSR count). The monoisotopic (exact) mass is 428 g/mol. The second-order valence-electron chi connectivity index (χ2n) is 5.59. The van der Waals surface area contributed by atoms with Crippen molar-refractivity contribution in [3.05, 3.63) is 28.0 Å². The number of hydrogen-bond acceptors (Lipinski definition) is 4. The van der Waals surface area contributed by atoms with Crippen molar-refractivity contribution in [2.24, 2.45) is 5.92 Å². The first-order chi connectivity index (χ1) is 10.2. The van der Waals surface area contributed by atoms with E-state index in [-0.39, 0.29) is 29.9 Å². The van der Waals surface area contributed by atoms with Gasteiger partial charge >= 0.3 is 0 Å². The zero-order valence-corrected chi connectivity index (χ0v) is 15.9. The smallest absolute Gasteiger partial charge is 0.254 e. The molecular weight excluding hydrogens is 411 g/mol. The molecule has 2 atom stereocenters. The van der Waals surface area contributed by atoms with Crippen LogP contribution < -0.4 is 10.6 Å². The van der Waals surface area contributed by atoms with E-state index in [0.29, 0.717) is 4.47 Å². The van der Waals surface area contributed by atoms with Crippen molar-refractivity contribution in [1.29, 1.82) is 0 Å². The second-order valence-corrected chi connectivity index (χ2v) is 8.49. The van der Waals surface area contributed by atoms with Gasteiger partial charge < -0.3 is 10.6 Å². The molecule has 0 bridgehead atoms. The number of halogens is 3. The van der Waals surface area contributed by atoms with Crippen LogP contribution >= 0.6 is 28.3 Å². The third kappa shape index (κ3) is 4.89. The Balaban J connectivity index is 0.00000264. The van der Waals surface area contributed by atoms with Gasteiger partial charge in [-0.1, -0.05) is 22.9 Å². The van der Waals surface area contributed by atoms with Crippen molar-refractivity contribution >= 4 is 44.1 Å². The predicted octanol–water partition coefficient (Wildman–Crippen LogP) is 2.14. The Morgan fingerprint density at radius 2 is 2.09 bits per heavy atom. The topological polar surface area (TPSA) is 75.3 Å². The number of piperidine rings is 1. The van der Waals surface area contributed by atoms with Gasteiger partial charge in [0.05, 0.1) is 5.56 Å². The molecule has 0 aromatic heterocycles. The number of rotatable bonds is 3. The fourth-order valence-electron chi connectivity index (χ4n) is 2.47. The lowest BCUT2D eigenvalue weighted by atomic mass is 9.95. The molecule has 1 amide bonds. The maximum absolute atomic E-state index is 14.4. The molecule has 1 aromatic carbocycles. The molecule has 1 aromatic rings. The molecule has 1 aliphatic rings. The first-order valence-electron chi connectivity index (χ1n) is 6.91. The van der Waals surface area contributed by atoms with Crippen molar-refractivity contribution in [3.8, 4) is 0 Å². The minimum atomic E-state index is -3.75. The molecule has 0 saturated carbocycles. The van der Waals surface area contributed by atoms with E-state index in [1.807, 2.05) is 6.92 Å². The highest BCUT2D eigenvalue weighted by Gasteiger charge is 2.26. The fourth-order valence-corrected chi connectivity index (χ4v) is 3.86. The normalized spacial score (nSPS) is 21.4. The second kappa shape index (κ2) is 7.92. The van der Waals surface area contributed by atoms with Crippen molar-refractivity contribution in [2.75, 3.05) is 19.3 Å². The average molecular weight is 430 g/mol. The van der Waals surface area contributed by atoms with E-state index in [0.717, 1.165) is 31.8 Å². The lowest BCUT2D eigenvalue weighted by molar-refractivity contribution is 0.0909. The third-order valence-corrected chi connectivity index (χ3v) is 5.30. The molecule has 1 saturated heterocycles. The van der Waals surface area contributed by atoms with E-state index in [1.165, 1.54) is 6.07 Å². The van der Waals surface area contributed by atoms with Gasteiger partial charge in [-0.05, 0) is 37.6 Å². The van der Waals surface area contributed by atoms with E-state index >= 15 is 0 Å². The molecule has 1 aliphatic heterocycles. The number of sulfone groups is 1. The summed E-state index contributed by atoms with van der Waals surface area (Å²) in [5.74, 6) is -1.38. The van der Waals surface area contributed by atoms with Gasteiger partial charge in [-0.2, -0.15) is 0 Å². The van der Waals surface area contributed by atoms with Crippen molar-refractivity contribution in [3.63, 3.8) is 0 Å². The zero-order chi connectivity index (χ0) is 16.5. The van der Waals surface area contributed by atoms with Crippen LogP contribution in [0, 0.1) is 11.7 Å². The SMILES string of the molecule is CC1CNCCC1NC(=O)c1cc(Br)cc(S(C)(=O)=O)c1F.Cl. The predicted molar refractivity (Wildman–Crippen MR) is 92.4 cm³/mol. The minimum Gasteiger partial charge on any atom is -0.349 e. The molecule has 0 spiro atoms. The van der Waals surface area contributed by atoms with Crippen LogP contribution in [0.3, 0.4) is 0 Å². The van der Waals surface area contributed by atoms with Crippen LogP contribution in [-0.2, 0) is 9.84 Å². The van der Waals surface area contributed by atoms with Crippen LogP contribution in [0.2, 0.25) is 0 Å². The van der Waals surface area contributed by atoms with Gasteiger partial charge in [0, 0.05) is 16.8 Å². The Kier molecular flexibility index (Phi) is 7.00. The maximum Gasteiger partial charge on any atom is 0.254 e. The molecule has 9 heteroatoms. The molecule has 0 aliphatic carbocycles. The van der Waals surface area contributed by atoms with E-state index in [1.54, 1.807) is 0 Å². The lowest BCUT2D eigenvalue weighted by Gasteiger charge is -2.30. The first-order valence-corrected chi connectivity index (χ1v) is 9.59. The summed E-state index contributed by atoms with van der Waals surface area (Å²) in [6.07, 6.45) is 1.66. The van der Waals surface area contributed by atoms with Gasteiger partial charge in [0.15, 0.2) is 15.7 Å². The summed E-state index contributed by atoms with van der Waals surface area (Å²) in [6.45, 7) is 3.56. The van der Waals surface area contributed by atoms with Crippen molar-refractivity contribution in [2.45, 2.75) is 24.3 Å². The van der Waals surface area contributed by atoms with E-state index < -0.39 is 26.5 Å². The average Bonchev–Trinajstić information content (AvgIpc) is 2.42. The Bertz CT molecular complexity index is 700. The Morgan fingerprint density at radius 3 is 2.65 bits per heavy atom. The standard InChI is InChI=1S/C14H18BrFN2O3S.ClH/c1-8-7-17-4-3-11(8)18-14(19)10-5-9(15)6-12(13(10)16)22(2,20)21;/h5-6,8,11,17H,3-4,7H2,1-2H3,(H,18,19);1H. The third-order valence-electron chi connectivity index (χ3n) is 3.75. The minimum absolute atomic E-state index is 0. The van der Waals surface area contributed by atoms with E-state index in [2.05, 4.69) is 26.6 Å². The summed E-state index contributed by atoms with van der Waals surface area (Å²) in [6, 6.07) is 2.40. The summed E-state index contributed by atoms with van der Waals surface area (Å²) in [4.78, 5) is 11.8. The lowest BCUT2D eigenvalue weighted by Crippen LogP contribution is -2.48. The molecule has 130 valence electrons. The van der Waals surface area contributed by atoms with Crippen LogP contribution in [0.4, 0.5) is 4.39 Å². The molecule has 1 heterocycles. The Labute approximate surface area is 149 Å². The summed E-state index contributed by atoms with van der Waals surface area (Å²) in [7, 11) is -3.75. The summed E-state index contributed by atoms with van der Waals surface area (Å²) in [5.41, 5.74) is -0.263. The maximum atomic E-state index is 14.4. The molecule has 2 N–H and O–H groups in total. The first kappa shape index (κ1) is 20.3. The molecule has 1 fully saturated rings. The van der Waals surface area contributed by atoms with Gasteiger partial charge in [-0.25, -0.2) is 12.8 Å². The number of hydrogen-bond donors (Lipinski definition) is 2. The largest absolute Gasteiger partial charge is 0.349 e. The number of nitrogens with one attached hydrogen (secondary N) is 2. The number of benzene rings is 1. The fraction of sp³-hybridized carbons (Fsp3) is 0.500. The van der Waals surface area contributed by atoms with Gasteiger partial charge in [-0.15, -0.1) is 12.4 Å². The summed E-state index contributed by atoms with van der Waals surface area (Å²) in [5, 5.41) is 6.01. The zero-order valence-electron chi connectivity index (χ0n) is 12.7. The molecule has 23 heavy (non-hydrogen) atoms. The molecule has 5 nitrogen and oxygen atoms in total. The molecular formula is C14H19BrClFN2O3S. The van der Waals surface area contributed by atoms with Crippen LogP contribution in [-0.4, -0.2) is 39.7 Å².